The topological polar surface area (TPSA) is 92.5 Å². The predicted molar refractivity (Wildman–Crippen MR) is 85.0 cm³/mol. The Morgan fingerprint density at radius 1 is 1.45 bits per heavy atom. The number of nitrogens with one attached hydrogen (secondary N) is 1. The Labute approximate surface area is 131 Å². The van der Waals surface area contributed by atoms with Crippen molar-refractivity contribution >= 4 is 15.9 Å². The molecule has 3 N–H and O–H groups in total. The van der Waals surface area contributed by atoms with Crippen LogP contribution in [-0.4, -0.2) is 45.4 Å². The summed E-state index contributed by atoms with van der Waals surface area (Å²) >= 11 is 0. The minimum absolute atomic E-state index is 0.0509. The maximum absolute atomic E-state index is 12.1. The van der Waals surface area contributed by atoms with Gasteiger partial charge in [0.2, 0.25) is 10.0 Å². The molecule has 0 aliphatic carbocycles. The van der Waals surface area contributed by atoms with E-state index in [1.54, 1.807) is 6.07 Å². The smallest absolute Gasteiger partial charge is 0.251 e. The molecule has 1 atom stereocenters. The summed E-state index contributed by atoms with van der Waals surface area (Å²) in [4.78, 5) is 14.4. The van der Waals surface area contributed by atoms with Crippen LogP contribution in [-0.2, 0) is 10.0 Å². The molecule has 122 valence electrons. The van der Waals surface area contributed by atoms with Gasteiger partial charge >= 0.3 is 0 Å². The number of likely N-dealkylation sites (tertiary alicyclic amines) is 1. The van der Waals surface area contributed by atoms with Gasteiger partial charge in [0.15, 0.2) is 0 Å². The Kier molecular flexibility index (Phi) is 5.55. The minimum atomic E-state index is -3.79. The van der Waals surface area contributed by atoms with E-state index >= 15 is 0 Å². The second kappa shape index (κ2) is 7.21. The van der Waals surface area contributed by atoms with Crippen molar-refractivity contribution in [2.24, 2.45) is 11.1 Å². The lowest BCUT2D eigenvalue weighted by atomic mass is 10.0. The number of nitrogens with two attached hydrogens (primary N) is 1. The second-order valence-electron chi connectivity index (χ2n) is 5.88. The predicted octanol–water partition coefficient (Wildman–Crippen LogP) is 0.796. The van der Waals surface area contributed by atoms with Gasteiger partial charge in [-0.15, -0.1) is 0 Å². The summed E-state index contributed by atoms with van der Waals surface area (Å²) in [5.74, 6) is 0.423. The molecule has 0 spiro atoms. The number of benzene rings is 1. The number of sulfonamides is 1. The molecule has 0 radical (unpaired) electrons. The molecule has 1 aromatic rings. The number of piperidine rings is 1. The summed E-state index contributed by atoms with van der Waals surface area (Å²) in [6, 6.07) is 5.77. The van der Waals surface area contributed by atoms with Crippen LogP contribution in [0.3, 0.4) is 0 Å². The van der Waals surface area contributed by atoms with Crippen LogP contribution in [0.4, 0.5) is 0 Å². The van der Waals surface area contributed by atoms with Crippen LogP contribution in [0.15, 0.2) is 29.2 Å². The van der Waals surface area contributed by atoms with Gasteiger partial charge in [-0.3, -0.25) is 4.79 Å². The number of nitrogens with zero attached hydrogens (tertiary/aromatic N) is 1. The second-order valence-corrected chi connectivity index (χ2v) is 7.44. The molecule has 0 bridgehead atoms. The number of carbonyl (C=O) groups excluding carboxylic acids is 1. The first-order chi connectivity index (χ1) is 10.4. The fourth-order valence-electron chi connectivity index (χ4n) is 2.73. The number of amides is 1. The van der Waals surface area contributed by atoms with Crippen LogP contribution in [0.1, 0.15) is 30.1 Å². The van der Waals surface area contributed by atoms with Gasteiger partial charge in [0.1, 0.15) is 0 Å². The highest BCUT2D eigenvalue weighted by atomic mass is 32.2. The van der Waals surface area contributed by atoms with Crippen LogP contribution in [0.5, 0.6) is 0 Å². The van der Waals surface area contributed by atoms with Crippen molar-refractivity contribution < 1.29 is 13.2 Å². The van der Waals surface area contributed by atoms with Crippen molar-refractivity contribution in [3.8, 4) is 0 Å². The molecular weight excluding hydrogens is 302 g/mol. The van der Waals surface area contributed by atoms with E-state index in [0.29, 0.717) is 18.0 Å². The summed E-state index contributed by atoms with van der Waals surface area (Å²) in [6.45, 7) is 5.73. The highest BCUT2D eigenvalue weighted by Gasteiger charge is 2.16. The number of hydrogen-bond donors (Lipinski definition) is 2. The molecule has 1 amide bonds. The first kappa shape index (κ1) is 16.9. The normalized spacial score (nSPS) is 19.8. The molecule has 6 nitrogen and oxygen atoms in total. The Bertz CT molecular complexity index is 631. The van der Waals surface area contributed by atoms with Crippen molar-refractivity contribution in [3.63, 3.8) is 0 Å². The average molecular weight is 325 g/mol. The Balaban J connectivity index is 1.87. The Morgan fingerprint density at radius 3 is 2.91 bits per heavy atom. The molecule has 1 aliphatic rings. The standard InChI is InChI=1S/C15H23N3O3S/c1-12-4-3-8-18(11-12)9-7-17-15(19)13-5-2-6-14(10-13)22(16,20)21/h2,5-6,10,12H,3-4,7-9,11H2,1H3,(H,17,19)(H2,16,20,21). The monoisotopic (exact) mass is 325 g/mol. The molecule has 7 heteroatoms. The van der Waals surface area contributed by atoms with Gasteiger partial charge < -0.3 is 10.2 Å². The van der Waals surface area contributed by atoms with E-state index in [1.807, 2.05) is 0 Å². The molecular formula is C15H23N3O3S. The SMILES string of the molecule is CC1CCCN(CCNC(=O)c2cccc(S(N)(=O)=O)c2)C1. The van der Waals surface area contributed by atoms with Crippen molar-refractivity contribution in [1.82, 2.24) is 10.2 Å². The van der Waals surface area contributed by atoms with Crippen LogP contribution in [0, 0.1) is 5.92 Å². The molecule has 1 aliphatic heterocycles. The van der Waals surface area contributed by atoms with Crippen LogP contribution in [0.2, 0.25) is 0 Å². The lowest BCUT2D eigenvalue weighted by Crippen LogP contribution is -2.40. The highest BCUT2D eigenvalue weighted by molar-refractivity contribution is 7.89. The van der Waals surface area contributed by atoms with Crippen molar-refractivity contribution in [2.45, 2.75) is 24.7 Å². The number of rotatable bonds is 5. The Morgan fingerprint density at radius 2 is 2.23 bits per heavy atom. The van der Waals surface area contributed by atoms with Crippen molar-refractivity contribution in [2.75, 3.05) is 26.2 Å². The number of primary sulfonamides is 1. The van der Waals surface area contributed by atoms with E-state index in [1.165, 1.54) is 31.0 Å². The van der Waals surface area contributed by atoms with Crippen molar-refractivity contribution in [3.05, 3.63) is 29.8 Å². The summed E-state index contributed by atoms with van der Waals surface area (Å²) < 4.78 is 22.6. The van der Waals surface area contributed by atoms with E-state index in [0.717, 1.165) is 19.6 Å². The quantitative estimate of drug-likeness (QED) is 0.837. The summed E-state index contributed by atoms with van der Waals surface area (Å²) in [7, 11) is -3.79. The van der Waals surface area contributed by atoms with E-state index in [9.17, 15) is 13.2 Å². The zero-order valence-corrected chi connectivity index (χ0v) is 13.6. The Hall–Kier alpha value is -1.44. The van der Waals surface area contributed by atoms with Gasteiger partial charge in [-0.05, 0) is 43.5 Å². The zero-order chi connectivity index (χ0) is 16.2. The largest absolute Gasteiger partial charge is 0.351 e. The molecule has 1 unspecified atom stereocenters. The maximum atomic E-state index is 12.1. The number of carbonyl (C=O) groups is 1. The van der Waals surface area contributed by atoms with Crippen LogP contribution >= 0.6 is 0 Å². The van der Waals surface area contributed by atoms with Gasteiger partial charge in [-0.2, -0.15) is 0 Å². The molecule has 1 fully saturated rings. The highest BCUT2D eigenvalue weighted by Crippen LogP contribution is 2.14. The molecule has 1 saturated heterocycles. The zero-order valence-electron chi connectivity index (χ0n) is 12.8. The third-order valence-corrected chi connectivity index (χ3v) is 4.79. The summed E-state index contributed by atoms with van der Waals surface area (Å²) in [6.07, 6.45) is 2.47. The lowest BCUT2D eigenvalue weighted by Gasteiger charge is -2.30. The van der Waals surface area contributed by atoms with Gasteiger partial charge in [0.25, 0.3) is 5.91 Å². The summed E-state index contributed by atoms with van der Waals surface area (Å²) in [5, 5.41) is 7.89. The van der Waals surface area contributed by atoms with E-state index < -0.39 is 10.0 Å². The van der Waals surface area contributed by atoms with Crippen molar-refractivity contribution in [1.29, 1.82) is 0 Å². The molecule has 1 aromatic carbocycles. The van der Waals surface area contributed by atoms with Crippen LogP contribution in [0.25, 0.3) is 0 Å². The van der Waals surface area contributed by atoms with E-state index in [2.05, 4.69) is 17.1 Å². The van der Waals surface area contributed by atoms with Gasteiger partial charge in [0, 0.05) is 25.2 Å². The van der Waals surface area contributed by atoms with Gasteiger partial charge in [-0.1, -0.05) is 13.0 Å². The first-order valence-electron chi connectivity index (χ1n) is 7.49. The molecule has 1 heterocycles. The number of hydrogen-bond acceptors (Lipinski definition) is 4. The average Bonchev–Trinajstić information content (AvgIpc) is 2.46. The van der Waals surface area contributed by atoms with Gasteiger partial charge in [-0.25, -0.2) is 13.6 Å². The molecule has 0 aromatic heterocycles. The third-order valence-electron chi connectivity index (χ3n) is 3.88. The van der Waals surface area contributed by atoms with E-state index in [-0.39, 0.29) is 10.8 Å². The van der Waals surface area contributed by atoms with E-state index in [4.69, 9.17) is 5.14 Å². The minimum Gasteiger partial charge on any atom is -0.351 e. The van der Waals surface area contributed by atoms with Gasteiger partial charge in [0.05, 0.1) is 4.90 Å². The molecule has 2 rings (SSSR count). The lowest BCUT2D eigenvalue weighted by molar-refractivity contribution is 0.0943. The first-order valence-corrected chi connectivity index (χ1v) is 9.04. The fourth-order valence-corrected chi connectivity index (χ4v) is 3.29. The van der Waals surface area contributed by atoms with Crippen LogP contribution < -0.4 is 10.5 Å². The fraction of sp³-hybridized carbons (Fsp3) is 0.533. The molecule has 22 heavy (non-hydrogen) atoms. The summed E-state index contributed by atoms with van der Waals surface area (Å²) in [5.41, 5.74) is 0.304. The molecule has 0 saturated carbocycles. The third kappa shape index (κ3) is 4.79. The maximum Gasteiger partial charge on any atom is 0.251 e.